The Bertz CT molecular complexity index is 1780. The average Bonchev–Trinajstić information content (AvgIpc) is 3.69. The number of unbranched alkanes of at least 4 members (excludes halogenated alkanes) is 2. The van der Waals surface area contributed by atoms with Gasteiger partial charge in [0.2, 0.25) is 5.91 Å². The molecule has 1 rings (SSSR count). The number of imide groups is 1. The Morgan fingerprint density at radius 2 is 1.00 bits per heavy atom. The maximum Gasteiger partial charge on any atom is 0.253 e. The molecule has 1 heterocycles. The molecule has 0 aromatic rings. The average molecular weight is 1140 g/mol. The van der Waals surface area contributed by atoms with Crippen LogP contribution in [0.4, 0.5) is 0 Å². The van der Waals surface area contributed by atoms with Crippen molar-refractivity contribution in [3.63, 3.8) is 0 Å². The molecule has 0 saturated carbocycles. The van der Waals surface area contributed by atoms with Crippen LogP contribution in [-0.2, 0) is 43.0 Å². The summed E-state index contributed by atoms with van der Waals surface area (Å²) in [5.74, 6) is 4.68. The summed E-state index contributed by atoms with van der Waals surface area (Å²) in [7, 11) is 6.11. The summed E-state index contributed by atoms with van der Waals surface area (Å²) < 4.78 is 21.2. The molecular weight excluding hydrogens is 1040 g/mol. The van der Waals surface area contributed by atoms with Gasteiger partial charge in [-0.25, -0.2) is 5.43 Å². The van der Waals surface area contributed by atoms with Gasteiger partial charge in [-0.05, 0) is 64.2 Å². The van der Waals surface area contributed by atoms with E-state index in [0.717, 1.165) is 0 Å². The highest BCUT2D eigenvalue weighted by Crippen LogP contribution is 2.18. The Hall–Kier alpha value is -4.09. The van der Waals surface area contributed by atoms with Gasteiger partial charge in [0.25, 0.3) is 11.8 Å². The molecule has 78 heavy (non-hydrogen) atoms. The number of nitrogens with one attached hydrogen (secondary N) is 2. The number of hydrogen-bond acceptors (Lipinski definition) is 22. The number of carbonyl (C=O) groups is 3. The number of terminal acetylenes is 2. The number of hydrogen-bond donors (Lipinski definition) is 11. The van der Waals surface area contributed by atoms with Crippen molar-refractivity contribution < 1.29 is 83.9 Å². The van der Waals surface area contributed by atoms with Crippen molar-refractivity contribution in [2.45, 2.75) is 188 Å². The Balaban J connectivity index is -0.000000995. The Morgan fingerprint density at radius 3 is 1.32 bits per heavy atom. The number of aliphatic hydroxyl groups excluding tert-OH is 8. The first kappa shape index (κ1) is 78.1. The van der Waals surface area contributed by atoms with Gasteiger partial charge in [0.15, 0.2) is 13.2 Å². The molecule has 0 aromatic heterocycles. The van der Waals surface area contributed by atoms with Crippen LogP contribution in [0.25, 0.3) is 0 Å². The second-order valence-corrected chi connectivity index (χ2v) is 20.1. The molecule has 0 fully saturated rings. The van der Waals surface area contributed by atoms with Gasteiger partial charge in [0.05, 0.1) is 48.4 Å². The Morgan fingerprint density at radius 1 is 0.603 bits per heavy atom. The number of ether oxygens (including phenoxy) is 4. The van der Waals surface area contributed by atoms with E-state index < -0.39 is 67.1 Å². The predicted molar refractivity (Wildman–Crippen MR) is 303 cm³/mol. The maximum absolute atomic E-state index is 12.0. The van der Waals surface area contributed by atoms with E-state index in [9.17, 15) is 55.2 Å². The third-order valence-corrected chi connectivity index (χ3v) is 11.7. The van der Waals surface area contributed by atoms with Crippen LogP contribution in [0.3, 0.4) is 0 Å². The molecule has 23 nitrogen and oxygen atoms in total. The van der Waals surface area contributed by atoms with Crippen LogP contribution in [0.5, 0.6) is 0 Å². The highest BCUT2D eigenvalue weighted by atomic mass is 32.1. The van der Waals surface area contributed by atoms with Gasteiger partial charge in [-0.2, -0.15) is 17.7 Å². The van der Waals surface area contributed by atoms with E-state index in [1.807, 2.05) is 55.4 Å². The van der Waals surface area contributed by atoms with Crippen LogP contribution in [0, 0.1) is 48.4 Å². The summed E-state index contributed by atoms with van der Waals surface area (Å²) in [4.78, 5) is 45.7. The van der Waals surface area contributed by atoms with Crippen LogP contribution >= 0.6 is 12.6 Å². The maximum atomic E-state index is 12.0. The van der Waals surface area contributed by atoms with Crippen LogP contribution in [0.15, 0.2) is 27.6 Å². The fourth-order valence-corrected chi connectivity index (χ4v) is 7.57. The van der Waals surface area contributed by atoms with Gasteiger partial charge < -0.3 is 74.8 Å². The lowest BCUT2D eigenvalue weighted by molar-refractivity contribution is -0.137. The number of hydrazone groups is 1. The zero-order valence-electron chi connectivity index (χ0n) is 49.0. The first-order chi connectivity index (χ1) is 36.5. The zero-order chi connectivity index (χ0) is 60.8. The summed E-state index contributed by atoms with van der Waals surface area (Å²) in [5.41, 5.74) is 3.06. The van der Waals surface area contributed by atoms with E-state index in [4.69, 9.17) is 41.5 Å². The molecule has 0 spiro atoms. The standard InChI is InChI=1S/C19H31N3O6.2C12H21NO4.C11H25NO3S/c1-12(2)19(28-4)17(18(27)13(3)23)21-20-14(24)8-6-5-7-11-22-15(25)9-10-16(22)26;2*1-6-7-17-13-10(11(15)9(4)14)12(16-5)8(2)3;1-7(2)11(15-4)9(12-5-6-16)10(14)8(3)13/h9-10,12-13,18-19,23,27H,5-8,11H2,1-4H3,(H,20,24);2*1,8-9,11-12,14-15H,7H2,2-5H3;7-14,16H,5-6H2,1-4H3/b21-17+;13-10+;13-10-;/t13-,18+,19+;2*9-,11+,12+;8-,9?,10+,11+/m1111/s1. The van der Waals surface area contributed by atoms with Crippen molar-refractivity contribution in [2.24, 2.45) is 39.1 Å². The fourth-order valence-electron chi connectivity index (χ4n) is 7.44. The number of amides is 3. The normalized spacial score (nSPS) is 18.0. The second kappa shape index (κ2) is 44.6. The molecular formula is C54H98N6O17S. The molecule has 452 valence electrons. The van der Waals surface area contributed by atoms with Crippen molar-refractivity contribution >= 4 is 47.5 Å². The summed E-state index contributed by atoms with van der Waals surface area (Å²) in [6.45, 7) is 22.4. The van der Waals surface area contributed by atoms with Crippen molar-refractivity contribution in [1.82, 2.24) is 15.6 Å². The van der Waals surface area contributed by atoms with Gasteiger partial charge in [-0.3, -0.25) is 19.3 Å². The van der Waals surface area contributed by atoms with Crippen molar-refractivity contribution in [3.8, 4) is 24.7 Å². The van der Waals surface area contributed by atoms with E-state index in [2.05, 4.69) is 50.6 Å². The van der Waals surface area contributed by atoms with Crippen LogP contribution < -0.4 is 10.7 Å². The monoisotopic (exact) mass is 1130 g/mol. The third kappa shape index (κ3) is 31.1. The molecule has 1 unspecified atom stereocenters. The summed E-state index contributed by atoms with van der Waals surface area (Å²) in [6.07, 6.45) is 4.94. The number of nitrogens with zero attached hydrogens (tertiary/aromatic N) is 4. The van der Waals surface area contributed by atoms with Gasteiger partial charge in [-0.1, -0.05) is 84.0 Å². The van der Waals surface area contributed by atoms with Crippen LogP contribution in [0.2, 0.25) is 0 Å². The van der Waals surface area contributed by atoms with E-state index in [1.165, 1.54) is 59.2 Å². The smallest absolute Gasteiger partial charge is 0.253 e. The summed E-state index contributed by atoms with van der Waals surface area (Å²) >= 11 is 4.12. The molecule has 24 heteroatoms. The molecule has 1 aliphatic rings. The van der Waals surface area contributed by atoms with E-state index in [1.54, 1.807) is 14.0 Å². The fraction of sp³-hybridized carbons (Fsp3) is 0.778. The van der Waals surface area contributed by atoms with Gasteiger partial charge >= 0.3 is 0 Å². The second-order valence-electron chi connectivity index (χ2n) is 19.7. The Labute approximate surface area is 470 Å². The number of methoxy groups -OCH3 is 4. The van der Waals surface area contributed by atoms with E-state index in [0.29, 0.717) is 38.1 Å². The van der Waals surface area contributed by atoms with E-state index in [-0.39, 0.29) is 90.3 Å². The Kier molecular flexibility index (Phi) is 44.7. The van der Waals surface area contributed by atoms with Gasteiger partial charge in [0.1, 0.15) is 48.0 Å². The first-order valence-corrected chi connectivity index (χ1v) is 26.7. The highest BCUT2D eigenvalue weighted by molar-refractivity contribution is 7.80. The minimum absolute atomic E-state index is 0.00452. The molecule has 13 atom stereocenters. The van der Waals surface area contributed by atoms with Gasteiger partial charge in [-0.15, -0.1) is 12.8 Å². The van der Waals surface area contributed by atoms with E-state index >= 15 is 0 Å². The third-order valence-electron chi connectivity index (χ3n) is 11.5. The number of thiol groups is 1. The lowest BCUT2D eigenvalue weighted by atomic mass is 9.93. The SMILES string of the molecule is C#CCO/N=C(/[C@@H](OC)C(C)C)[C@@H](O)[C@@H](C)O.C#CCO/N=C(\[C@@H](OC)C(C)C)[C@@H](O)[C@@H](C)O.CO[C@@H](C(C)C)C(NCCS)[C@@H](O)[C@@H](C)O.CO[C@H](/C(=N/NC(=O)CCCCCN1C(=O)C=CC1=O)[C@@H](O)[C@@H](C)O)C(C)C. The van der Waals surface area contributed by atoms with Crippen molar-refractivity contribution in [2.75, 3.05) is 60.5 Å². The summed E-state index contributed by atoms with van der Waals surface area (Å²) in [6, 6.07) is -0.280. The van der Waals surface area contributed by atoms with Gasteiger partial charge in [0, 0.05) is 65.9 Å². The molecule has 10 N–H and O–H groups in total. The quantitative estimate of drug-likeness (QED) is 0.0108. The number of carbonyl (C=O) groups excluding carboxylic acids is 3. The molecule has 0 radical (unpaired) electrons. The molecule has 0 bridgehead atoms. The molecule has 0 aromatic carbocycles. The molecule has 3 amide bonds. The molecule has 1 aliphatic heterocycles. The lowest BCUT2D eigenvalue weighted by Crippen LogP contribution is -2.55. The largest absolute Gasteiger partial charge is 0.391 e. The number of aliphatic hydroxyl groups is 8. The number of oxime groups is 2. The topological polar surface area (TPSA) is 333 Å². The first-order valence-electron chi connectivity index (χ1n) is 26.1. The number of rotatable bonds is 34. The van der Waals surface area contributed by atoms with Crippen LogP contribution in [0.1, 0.15) is 109 Å². The van der Waals surface area contributed by atoms with Crippen LogP contribution in [-0.4, -0.2) is 220 Å². The van der Waals surface area contributed by atoms with Crippen molar-refractivity contribution in [3.05, 3.63) is 12.2 Å². The zero-order valence-corrected chi connectivity index (χ0v) is 49.9. The minimum atomic E-state index is -1.25. The highest BCUT2D eigenvalue weighted by Gasteiger charge is 2.34. The molecule has 0 aliphatic carbocycles. The minimum Gasteiger partial charge on any atom is -0.391 e. The molecule has 0 saturated heterocycles. The predicted octanol–water partition coefficient (Wildman–Crippen LogP) is 1.45. The van der Waals surface area contributed by atoms with Crippen molar-refractivity contribution in [1.29, 1.82) is 0 Å². The summed E-state index contributed by atoms with van der Waals surface area (Å²) in [5, 5.41) is 92.4. The lowest BCUT2D eigenvalue weighted by Gasteiger charge is -2.34.